The SMILES string of the molecule is Cc1cccc(-c2nc(C(=O)O)c(N)s2)c1Br. The number of aryl methyl sites for hydroxylation is 1. The predicted molar refractivity (Wildman–Crippen MR) is 71.4 cm³/mol. The van der Waals surface area contributed by atoms with Crippen LogP contribution in [0.25, 0.3) is 10.6 Å². The monoisotopic (exact) mass is 312 g/mol. The summed E-state index contributed by atoms with van der Waals surface area (Å²) in [5.41, 5.74) is 7.46. The number of benzene rings is 1. The Morgan fingerprint density at radius 2 is 2.24 bits per heavy atom. The van der Waals surface area contributed by atoms with Crippen LogP contribution in [0.5, 0.6) is 0 Å². The van der Waals surface area contributed by atoms with E-state index in [-0.39, 0.29) is 10.7 Å². The Morgan fingerprint density at radius 1 is 1.53 bits per heavy atom. The molecule has 0 aliphatic rings. The molecule has 0 saturated heterocycles. The number of carboxylic acids is 1. The van der Waals surface area contributed by atoms with Crippen molar-refractivity contribution in [1.29, 1.82) is 0 Å². The molecule has 6 heteroatoms. The lowest BCUT2D eigenvalue weighted by Gasteiger charge is -2.02. The van der Waals surface area contributed by atoms with E-state index in [2.05, 4.69) is 20.9 Å². The fourth-order valence-corrected chi connectivity index (χ4v) is 2.85. The van der Waals surface area contributed by atoms with Crippen molar-refractivity contribution in [3.05, 3.63) is 33.9 Å². The highest BCUT2D eigenvalue weighted by Crippen LogP contribution is 2.35. The molecule has 1 aromatic carbocycles. The summed E-state index contributed by atoms with van der Waals surface area (Å²) < 4.78 is 0.908. The first-order chi connectivity index (χ1) is 8.00. The molecular weight excluding hydrogens is 304 g/mol. The third-order valence-electron chi connectivity index (χ3n) is 2.28. The number of hydrogen-bond donors (Lipinski definition) is 2. The molecule has 0 bridgehead atoms. The van der Waals surface area contributed by atoms with E-state index in [1.54, 1.807) is 0 Å². The number of halogens is 1. The highest BCUT2D eigenvalue weighted by atomic mass is 79.9. The van der Waals surface area contributed by atoms with Crippen LogP contribution in [0.4, 0.5) is 5.00 Å². The van der Waals surface area contributed by atoms with Crippen LogP contribution in [-0.4, -0.2) is 16.1 Å². The Hall–Kier alpha value is -1.40. The molecule has 0 radical (unpaired) electrons. The van der Waals surface area contributed by atoms with Crippen molar-refractivity contribution in [2.24, 2.45) is 0 Å². The van der Waals surface area contributed by atoms with Crippen LogP contribution in [-0.2, 0) is 0 Å². The van der Waals surface area contributed by atoms with E-state index < -0.39 is 5.97 Å². The Labute approximate surface area is 110 Å². The lowest BCUT2D eigenvalue weighted by atomic mass is 10.1. The van der Waals surface area contributed by atoms with Crippen LogP contribution in [0, 0.1) is 6.92 Å². The zero-order valence-corrected chi connectivity index (χ0v) is 11.3. The predicted octanol–water partition coefficient (Wildman–Crippen LogP) is 3.16. The molecule has 0 fully saturated rings. The topological polar surface area (TPSA) is 76.2 Å². The fourth-order valence-electron chi connectivity index (χ4n) is 1.41. The van der Waals surface area contributed by atoms with E-state index in [0.717, 1.165) is 15.6 Å². The molecule has 0 aliphatic carbocycles. The Bertz CT molecular complexity index is 595. The summed E-state index contributed by atoms with van der Waals surface area (Å²) in [6, 6.07) is 5.73. The molecule has 4 nitrogen and oxygen atoms in total. The maximum absolute atomic E-state index is 10.9. The molecule has 88 valence electrons. The second-order valence-corrected chi connectivity index (χ2v) is 5.30. The number of hydrogen-bond acceptors (Lipinski definition) is 4. The first-order valence-electron chi connectivity index (χ1n) is 4.75. The van der Waals surface area contributed by atoms with Gasteiger partial charge in [-0.25, -0.2) is 9.78 Å². The Balaban J connectivity index is 2.58. The minimum atomic E-state index is -1.10. The van der Waals surface area contributed by atoms with Gasteiger partial charge in [0.2, 0.25) is 0 Å². The summed E-state index contributed by atoms with van der Waals surface area (Å²) in [5, 5.41) is 9.73. The van der Waals surface area contributed by atoms with Crippen LogP contribution in [0.3, 0.4) is 0 Å². The van der Waals surface area contributed by atoms with E-state index >= 15 is 0 Å². The largest absolute Gasteiger partial charge is 0.476 e. The van der Waals surface area contributed by atoms with Gasteiger partial charge in [-0.05, 0) is 28.4 Å². The number of nitrogens with two attached hydrogens (primary N) is 1. The zero-order chi connectivity index (χ0) is 12.6. The standard InChI is InChI=1S/C11H9BrN2O2S/c1-5-3-2-4-6(7(5)12)10-14-8(11(15)16)9(13)17-10/h2-4H,13H2,1H3,(H,15,16). The number of anilines is 1. The average Bonchev–Trinajstić information content (AvgIpc) is 2.64. The van der Waals surface area contributed by atoms with Crippen molar-refractivity contribution in [2.75, 3.05) is 5.73 Å². The van der Waals surface area contributed by atoms with Crippen molar-refractivity contribution in [2.45, 2.75) is 6.92 Å². The molecule has 2 rings (SSSR count). The molecule has 3 N–H and O–H groups in total. The number of nitrogen functional groups attached to an aromatic ring is 1. The van der Waals surface area contributed by atoms with Crippen molar-refractivity contribution in [3.8, 4) is 10.6 Å². The molecular formula is C11H9BrN2O2S. The number of nitrogens with zero attached hydrogens (tertiary/aromatic N) is 1. The highest BCUT2D eigenvalue weighted by Gasteiger charge is 2.17. The third-order valence-corrected chi connectivity index (χ3v) is 4.25. The van der Waals surface area contributed by atoms with Gasteiger partial charge in [-0.3, -0.25) is 0 Å². The van der Waals surface area contributed by atoms with Crippen molar-refractivity contribution in [1.82, 2.24) is 4.98 Å². The maximum atomic E-state index is 10.9. The van der Waals surface area contributed by atoms with Crippen LogP contribution in [0.1, 0.15) is 16.1 Å². The molecule has 0 amide bonds. The highest BCUT2D eigenvalue weighted by molar-refractivity contribution is 9.10. The van der Waals surface area contributed by atoms with Gasteiger partial charge in [0, 0.05) is 10.0 Å². The van der Waals surface area contributed by atoms with Gasteiger partial charge in [0.1, 0.15) is 10.0 Å². The zero-order valence-electron chi connectivity index (χ0n) is 8.90. The average molecular weight is 313 g/mol. The number of aromatic carboxylic acids is 1. The first kappa shape index (κ1) is 12.1. The minimum absolute atomic E-state index is 0.0848. The summed E-state index contributed by atoms with van der Waals surface area (Å²) in [6.45, 7) is 1.96. The Kier molecular flexibility index (Phi) is 3.17. The molecule has 1 heterocycles. The quantitative estimate of drug-likeness (QED) is 0.893. The molecule has 0 spiro atoms. The molecule has 0 unspecified atom stereocenters. The van der Waals surface area contributed by atoms with Crippen LogP contribution < -0.4 is 5.73 Å². The van der Waals surface area contributed by atoms with E-state index in [0.29, 0.717) is 5.01 Å². The van der Waals surface area contributed by atoms with Gasteiger partial charge >= 0.3 is 5.97 Å². The van der Waals surface area contributed by atoms with Crippen LogP contribution in [0.2, 0.25) is 0 Å². The summed E-state index contributed by atoms with van der Waals surface area (Å²) in [6.07, 6.45) is 0. The van der Waals surface area contributed by atoms with E-state index in [1.807, 2.05) is 25.1 Å². The number of thiazole rings is 1. The van der Waals surface area contributed by atoms with Gasteiger partial charge in [0.15, 0.2) is 5.69 Å². The fraction of sp³-hybridized carbons (Fsp3) is 0.0909. The smallest absolute Gasteiger partial charge is 0.357 e. The number of rotatable bonds is 2. The number of aromatic nitrogens is 1. The van der Waals surface area contributed by atoms with E-state index in [9.17, 15) is 4.79 Å². The summed E-state index contributed by atoms with van der Waals surface area (Å²) in [5.74, 6) is -1.10. The molecule has 17 heavy (non-hydrogen) atoms. The first-order valence-corrected chi connectivity index (χ1v) is 6.36. The third kappa shape index (κ3) is 2.18. The van der Waals surface area contributed by atoms with Gasteiger partial charge in [-0.1, -0.05) is 29.5 Å². The van der Waals surface area contributed by atoms with E-state index in [4.69, 9.17) is 10.8 Å². The minimum Gasteiger partial charge on any atom is -0.476 e. The van der Waals surface area contributed by atoms with Crippen LogP contribution >= 0.6 is 27.3 Å². The van der Waals surface area contributed by atoms with Crippen molar-refractivity contribution >= 4 is 38.2 Å². The molecule has 2 aromatic rings. The molecule has 0 atom stereocenters. The number of carboxylic acid groups (broad SMARTS) is 1. The second-order valence-electron chi connectivity index (χ2n) is 3.47. The lowest BCUT2D eigenvalue weighted by molar-refractivity contribution is 0.0692. The van der Waals surface area contributed by atoms with Gasteiger partial charge in [0.25, 0.3) is 0 Å². The van der Waals surface area contributed by atoms with Gasteiger partial charge in [-0.15, -0.1) is 0 Å². The Morgan fingerprint density at radius 3 is 2.82 bits per heavy atom. The van der Waals surface area contributed by atoms with Crippen LogP contribution in [0.15, 0.2) is 22.7 Å². The summed E-state index contributed by atoms with van der Waals surface area (Å²) >= 11 is 4.64. The second kappa shape index (κ2) is 4.46. The summed E-state index contributed by atoms with van der Waals surface area (Å²) in [4.78, 5) is 14.9. The van der Waals surface area contributed by atoms with Crippen molar-refractivity contribution < 1.29 is 9.90 Å². The van der Waals surface area contributed by atoms with E-state index in [1.165, 1.54) is 11.3 Å². The lowest BCUT2D eigenvalue weighted by Crippen LogP contribution is -2.00. The molecule has 0 saturated carbocycles. The normalized spacial score (nSPS) is 10.5. The van der Waals surface area contributed by atoms with Gasteiger partial charge in [-0.2, -0.15) is 0 Å². The molecule has 0 aliphatic heterocycles. The molecule has 1 aromatic heterocycles. The van der Waals surface area contributed by atoms with Crippen molar-refractivity contribution in [3.63, 3.8) is 0 Å². The maximum Gasteiger partial charge on any atom is 0.357 e. The van der Waals surface area contributed by atoms with Gasteiger partial charge < -0.3 is 10.8 Å². The number of carbonyl (C=O) groups is 1. The van der Waals surface area contributed by atoms with Gasteiger partial charge in [0.05, 0.1) is 0 Å². The summed E-state index contributed by atoms with van der Waals surface area (Å²) in [7, 11) is 0.